The molecule has 0 aliphatic carbocycles. The number of carbonyl (C=O) groups excluding carboxylic acids is 2. The Morgan fingerprint density at radius 2 is 1.65 bits per heavy atom. The smallest absolute Gasteiger partial charge is 0.224 e. The number of rotatable bonds is 11. The second-order valence-electron chi connectivity index (χ2n) is 8.54. The summed E-state index contributed by atoms with van der Waals surface area (Å²) >= 11 is 0. The van der Waals surface area contributed by atoms with Crippen molar-refractivity contribution in [1.82, 2.24) is 15.2 Å². The number of fused-ring (bicyclic) bond motifs is 1. The maximum atomic E-state index is 12.8. The topological polar surface area (TPSA) is 92.6 Å². The van der Waals surface area contributed by atoms with Crippen LogP contribution in [0.1, 0.15) is 54.8 Å². The molecule has 1 unspecified atom stereocenters. The number of amides is 2. The van der Waals surface area contributed by atoms with Gasteiger partial charge in [0.2, 0.25) is 11.8 Å². The zero-order chi connectivity index (χ0) is 24.7. The summed E-state index contributed by atoms with van der Waals surface area (Å²) in [6, 6.07) is 13.5. The van der Waals surface area contributed by atoms with E-state index in [9.17, 15) is 14.7 Å². The minimum Gasteiger partial charge on any atom is -0.497 e. The summed E-state index contributed by atoms with van der Waals surface area (Å²) in [5, 5.41) is 17.9. The number of aryl methyl sites for hydroxylation is 1. The molecule has 0 radical (unpaired) electrons. The predicted molar refractivity (Wildman–Crippen MR) is 134 cm³/mol. The maximum Gasteiger partial charge on any atom is 0.224 e. The van der Waals surface area contributed by atoms with Crippen LogP contribution in [0.4, 0.5) is 0 Å². The first-order valence-corrected chi connectivity index (χ1v) is 11.8. The third-order valence-corrected chi connectivity index (χ3v) is 6.11. The number of carbonyl (C=O) groups is 2. The van der Waals surface area contributed by atoms with E-state index in [4.69, 9.17) is 4.74 Å². The number of unbranched alkanes of at least 4 members (excludes halogenated alkanes) is 1. The van der Waals surface area contributed by atoms with Crippen LogP contribution in [0.25, 0.3) is 10.9 Å². The van der Waals surface area contributed by atoms with Crippen molar-refractivity contribution in [2.45, 2.75) is 52.7 Å². The first-order chi connectivity index (χ1) is 16.3. The lowest BCUT2D eigenvalue weighted by atomic mass is 10.1. The van der Waals surface area contributed by atoms with E-state index in [0.29, 0.717) is 25.3 Å². The molecule has 0 aliphatic rings. The van der Waals surface area contributed by atoms with E-state index in [2.05, 4.69) is 10.6 Å². The molecule has 0 fully saturated rings. The Morgan fingerprint density at radius 1 is 1.00 bits per heavy atom. The molecule has 3 aromatic rings. The largest absolute Gasteiger partial charge is 0.497 e. The van der Waals surface area contributed by atoms with Crippen molar-refractivity contribution < 1.29 is 19.4 Å². The molecule has 0 bridgehead atoms. The quantitative estimate of drug-likeness (QED) is 0.376. The van der Waals surface area contributed by atoms with E-state index < -0.39 is 6.23 Å². The van der Waals surface area contributed by atoms with Crippen LogP contribution >= 0.6 is 0 Å². The van der Waals surface area contributed by atoms with Gasteiger partial charge in [-0.25, -0.2) is 0 Å². The van der Waals surface area contributed by atoms with E-state index in [-0.39, 0.29) is 18.2 Å². The Kier molecular flexibility index (Phi) is 8.71. The highest BCUT2D eigenvalue weighted by Gasteiger charge is 2.22. The molecule has 0 spiro atoms. The standard InChI is InChI=1S/C27H35N3O4/c1-5-25(31)28-14-6-7-15-29-26(32)17-22-19(3)30(24-13-12-21(34-4)16-23(22)24)27(33)20-10-8-18(2)9-11-20/h8-13,16,27,33H,5-7,14-15,17H2,1-4H3,(H,28,31)(H,29,32). The Morgan fingerprint density at radius 3 is 2.26 bits per heavy atom. The van der Waals surface area contributed by atoms with Gasteiger partial charge in [-0.1, -0.05) is 36.8 Å². The third-order valence-electron chi connectivity index (χ3n) is 6.11. The van der Waals surface area contributed by atoms with E-state index >= 15 is 0 Å². The van der Waals surface area contributed by atoms with Gasteiger partial charge >= 0.3 is 0 Å². The molecule has 3 N–H and O–H groups in total. The molecule has 182 valence electrons. The number of hydrogen-bond donors (Lipinski definition) is 3. The minimum atomic E-state index is -0.869. The van der Waals surface area contributed by atoms with Gasteiger partial charge in [-0.05, 0) is 50.5 Å². The van der Waals surface area contributed by atoms with Crippen LogP contribution in [-0.2, 0) is 16.0 Å². The molecule has 3 rings (SSSR count). The summed E-state index contributed by atoms with van der Waals surface area (Å²) in [5.41, 5.74) is 4.47. The van der Waals surface area contributed by atoms with E-state index in [0.717, 1.165) is 46.1 Å². The predicted octanol–water partition coefficient (Wildman–Crippen LogP) is 3.77. The van der Waals surface area contributed by atoms with Crippen molar-refractivity contribution >= 4 is 22.7 Å². The van der Waals surface area contributed by atoms with Gasteiger partial charge in [0, 0.05) is 36.2 Å². The van der Waals surface area contributed by atoms with Crippen LogP contribution in [-0.4, -0.2) is 41.7 Å². The molecule has 2 aromatic carbocycles. The lowest BCUT2D eigenvalue weighted by Crippen LogP contribution is -2.28. The summed E-state index contributed by atoms with van der Waals surface area (Å²) in [6.07, 6.45) is 1.41. The van der Waals surface area contributed by atoms with Crippen molar-refractivity contribution in [3.8, 4) is 5.75 Å². The van der Waals surface area contributed by atoms with Gasteiger partial charge < -0.3 is 25.0 Å². The first-order valence-electron chi connectivity index (χ1n) is 11.8. The third kappa shape index (κ3) is 5.97. The average Bonchev–Trinajstić information content (AvgIpc) is 3.11. The first kappa shape index (κ1) is 25.3. The molecule has 2 amide bonds. The highest BCUT2D eigenvalue weighted by Crippen LogP contribution is 2.33. The van der Waals surface area contributed by atoms with Gasteiger partial charge in [-0.15, -0.1) is 0 Å². The van der Waals surface area contributed by atoms with Crippen molar-refractivity contribution in [3.63, 3.8) is 0 Å². The molecule has 1 aromatic heterocycles. The van der Waals surface area contributed by atoms with Crippen molar-refractivity contribution in [1.29, 1.82) is 0 Å². The minimum absolute atomic E-state index is 0.0409. The van der Waals surface area contributed by atoms with Crippen LogP contribution in [0.2, 0.25) is 0 Å². The number of aromatic nitrogens is 1. The molecular formula is C27H35N3O4. The molecule has 1 atom stereocenters. The zero-order valence-corrected chi connectivity index (χ0v) is 20.5. The summed E-state index contributed by atoms with van der Waals surface area (Å²) in [7, 11) is 1.61. The second kappa shape index (κ2) is 11.7. The molecule has 1 heterocycles. The van der Waals surface area contributed by atoms with E-state index in [1.165, 1.54) is 0 Å². The normalized spacial score (nSPS) is 11.9. The number of aliphatic hydroxyl groups is 1. The Hall–Kier alpha value is -3.32. The number of ether oxygens (including phenoxy) is 1. The number of hydrogen-bond acceptors (Lipinski definition) is 4. The van der Waals surface area contributed by atoms with Crippen molar-refractivity contribution in [2.24, 2.45) is 0 Å². The highest BCUT2D eigenvalue weighted by molar-refractivity contribution is 5.91. The lowest BCUT2D eigenvalue weighted by molar-refractivity contribution is -0.121. The van der Waals surface area contributed by atoms with Gasteiger partial charge in [-0.3, -0.25) is 9.59 Å². The fourth-order valence-electron chi connectivity index (χ4n) is 4.09. The second-order valence-corrected chi connectivity index (χ2v) is 8.54. The Labute approximate surface area is 201 Å². The van der Waals surface area contributed by atoms with Crippen LogP contribution in [0.3, 0.4) is 0 Å². The molecular weight excluding hydrogens is 430 g/mol. The van der Waals surface area contributed by atoms with Gasteiger partial charge in [0.15, 0.2) is 6.23 Å². The Balaban J connectivity index is 1.77. The number of aliphatic hydroxyl groups excluding tert-OH is 1. The van der Waals surface area contributed by atoms with E-state index in [1.54, 1.807) is 7.11 Å². The number of nitrogens with one attached hydrogen (secondary N) is 2. The number of methoxy groups -OCH3 is 1. The van der Waals surface area contributed by atoms with Crippen LogP contribution in [0.15, 0.2) is 42.5 Å². The van der Waals surface area contributed by atoms with Gasteiger partial charge in [0.25, 0.3) is 0 Å². The van der Waals surface area contributed by atoms with Gasteiger partial charge in [0.05, 0.1) is 19.0 Å². The number of benzene rings is 2. The van der Waals surface area contributed by atoms with Crippen LogP contribution in [0, 0.1) is 13.8 Å². The van der Waals surface area contributed by atoms with Crippen LogP contribution in [0.5, 0.6) is 5.75 Å². The van der Waals surface area contributed by atoms with Gasteiger partial charge in [-0.2, -0.15) is 0 Å². The monoisotopic (exact) mass is 465 g/mol. The summed E-state index contributed by atoms with van der Waals surface area (Å²) in [5.74, 6) is 0.664. The Bertz CT molecular complexity index is 1130. The molecule has 7 nitrogen and oxygen atoms in total. The lowest BCUT2D eigenvalue weighted by Gasteiger charge is -2.17. The van der Waals surface area contributed by atoms with E-state index in [1.807, 2.05) is 67.8 Å². The maximum absolute atomic E-state index is 12.8. The molecule has 34 heavy (non-hydrogen) atoms. The zero-order valence-electron chi connectivity index (χ0n) is 20.5. The van der Waals surface area contributed by atoms with Crippen molar-refractivity contribution in [3.05, 3.63) is 64.8 Å². The molecule has 7 heteroatoms. The molecule has 0 saturated carbocycles. The SMILES string of the molecule is CCC(=O)NCCCCNC(=O)Cc1c(C)n(C(O)c2ccc(C)cc2)c2ccc(OC)cc12. The van der Waals surface area contributed by atoms with Gasteiger partial charge in [0.1, 0.15) is 5.75 Å². The summed E-state index contributed by atoms with van der Waals surface area (Å²) in [4.78, 5) is 24.0. The molecule has 0 saturated heterocycles. The highest BCUT2D eigenvalue weighted by atomic mass is 16.5. The molecule has 0 aliphatic heterocycles. The van der Waals surface area contributed by atoms with Crippen LogP contribution < -0.4 is 15.4 Å². The summed E-state index contributed by atoms with van der Waals surface area (Å²) in [6.45, 7) is 6.93. The summed E-state index contributed by atoms with van der Waals surface area (Å²) < 4.78 is 7.29. The fourth-order valence-corrected chi connectivity index (χ4v) is 4.09. The average molecular weight is 466 g/mol. The van der Waals surface area contributed by atoms with Crippen molar-refractivity contribution in [2.75, 3.05) is 20.2 Å². The number of nitrogens with zero attached hydrogens (tertiary/aromatic N) is 1. The fraction of sp³-hybridized carbons (Fsp3) is 0.407.